The fourth-order valence-corrected chi connectivity index (χ4v) is 3.57. The second-order valence-corrected chi connectivity index (χ2v) is 6.78. The van der Waals surface area contributed by atoms with Crippen LogP contribution in [0.3, 0.4) is 0 Å². The van der Waals surface area contributed by atoms with Crippen molar-refractivity contribution in [3.8, 4) is 11.4 Å². The summed E-state index contributed by atoms with van der Waals surface area (Å²) in [7, 11) is 1.81. The maximum Gasteiger partial charge on any atom is 0.223 e. The van der Waals surface area contributed by atoms with Crippen LogP contribution in [0, 0.1) is 0 Å². The first-order chi connectivity index (χ1) is 12.7. The van der Waals surface area contributed by atoms with Gasteiger partial charge in [0, 0.05) is 25.7 Å². The van der Waals surface area contributed by atoms with Crippen molar-refractivity contribution >= 4 is 5.91 Å². The number of pyridine rings is 1. The minimum Gasteiger partial charge on any atom is -0.359 e. The minimum absolute atomic E-state index is 0.127. The molecule has 0 aliphatic heterocycles. The van der Waals surface area contributed by atoms with Crippen LogP contribution in [-0.4, -0.2) is 28.0 Å². The summed E-state index contributed by atoms with van der Waals surface area (Å²) in [6, 6.07) is 15.9. The van der Waals surface area contributed by atoms with Gasteiger partial charge in [0.2, 0.25) is 5.91 Å². The Kier molecular flexibility index (Phi) is 4.52. The Labute approximate surface area is 152 Å². The molecule has 5 nitrogen and oxygen atoms in total. The third kappa shape index (κ3) is 3.38. The van der Waals surface area contributed by atoms with E-state index in [-0.39, 0.29) is 5.91 Å². The van der Waals surface area contributed by atoms with Crippen molar-refractivity contribution in [1.82, 2.24) is 15.0 Å². The van der Waals surface area contributed by atoms with Crippen molar-refractivity contribution in [2.45, 2.75) is 31.7 Å². The first kappa shape index (κ1) is 16.5. The van der Waals surface area contributed by atoms with Crippen LogP contribution in [0.1, 0.15) is 35.6 Å². The molecule has 26 heavy (non-hydrogen) atoms. The molecule has 132 valence electrons. The number of hydrogen-bond donors (Lipinski definition) is 0. The highest BCUT2D eigenvalue weighted by Crippen LogP contribution is 2.35. The summed E-state index contributed by atoms with van der Waals surface area (Å²) in [6.45, 7) is 0.410. The van der Waals surface area contributed by atoms with Gasteiger partial charge in [0.25, 0.3) is 0 Å². The summed E-state index contributed by atoms with van der Waals surface area (Å²) in [6.07, 6.45) is 4.37. The number of hydrogen-bond acceptors (Lipinski definition) is 4. The normalized spacial score (nSPS) is 15.7. The highest BCUT2D eigenvalue weighted by Gasteiger charge is 2.25. The molecule has 0 N–H and O–H groups in total. The van der Waals surface area contributed by atoms with Crippen molar-refractivity contribution in [2.75, 3.05) is 7.05 Å². The number of aromatic nitrogens is 2. The highest BCUT2D eigenvalue weighted by atomic mass is 16.5. The zero-order chi connectivity index (χ0) is 17.9. The van der Waals surface area contributed by atoms with Crippen LogP contribution < -0.4 is 0 Å². The van der Waals surface area contributed by atoms with Gasteiger partial charge in [-0.05, 0) is 42.0 Å². The van der Waals surface area contributed by atoms with Gasteiger partial charge in [-0.2, -0.15) is 0 Å². The summed E-state index contributed by atoms with van der Waals surface area (Å²) in [5.41, 5.74) is 4.15. The van der Waals surface area contributed by atoms with E-state index in [1.54, 1.807) is 11.1 Å². The molecule has 2 aromatic heterocycles. The Morgan fingerprint density at radius 1 is 1.19 bits per heavy atom. The fraction of sp³-hybridized carbons (Fsp3) is 0.286. The third-order valence-electron chi connectivity index (χ3n) is 4.98. The second-order valence-electron chi connectivity index (χ2n) is 6.78. The van der Waals surface area contributed by atoms with Crippen LogP contribution in [0.15, 0.2) is 59.3 Å². The number of rotatable bonds is 5. The van der Waals surface area contributed by atoms with Crippen molar-refractivity contribution in [3.05, 3.63) is 71.6 Å². The fourth-order valence-electron chi connectivity index (χ4n) is 3.57. The van der Waals surface area contributed by atoms with Crippen LogP contribution in [-0.2, 0) is 17.8 Å². The number of carbonyl (C=O) groups is 1. The Morgan fingerprint density at radius 3 is 2.88 bits per heavy atom. The van der Waals surface area contributed by atoms with E-state index in [1.807, 2.05) is 31.3 Å². The van der Waals surface area contributed by atoms with Crippen LogP contribution >= 0.6 is 0 Å². The molecule has 4 rings (SSSR count). The number of aryl methyl sites for hydroxylation is 1. The Balaban J connectivity index is 1.39. The van der Waals surface area contributed by atoms with Gasteiger partial charge in [-0.3, -0.25) is 9.78 Å². The van der Waals surface area contributed by atoms with Crippen molar-refractivity contribution in [2.24, 2.45) is 0 Å². The molecule has 0 unspecified atom stereocenters. The molecule has 1 aliphatic rings. The second kappa shape index (κ2) is 7.12. The SMILES string of the molecule is CN(Cc1cc(-c2ccccn2)no1)C(=O)C[C@H]1CCc2ccccc21. The lowest BCUT2D eigenvalue weighted by molar-refractivity contribution is -0.131. The Morgan fingerprint density at radius 2 is 2.04 bits per heavy atom. The average molecular weight is 347 g/mol. The maximum atomic E-state index is 12.6. The van der Waals surface area contributed by atoms with Crippen LogP contribution in [0.5, 0.6) is 0 Å². The van der Waals surface area contributed by atoms with E-state index in [2.05, 4.69) is 34.4 Å². The van der Waals surface area contributed by atoms with E-state index in [0.29, 0.717) is 30.3 Å². The van der Waals surface area contributed by atoms with Crippen molar-refractivity contribution < 1.29 is 9.32 Å². The summed E-state index contributed by atoms with van der Waals surface area (Å²) in [5, 5.41) is 4.06. The Bertz CT molecular complexity index is 904. The lowest BCUT2D eigenvalue weighted by Crippen LogP contribution is -2.27. The average Bonchev–Trinajstić information content (AvgIpc) is 3.30. The van der Waals surface area contributed by atoms with Gasteiger partial charge in [-0.1, -0.05) is 35.5 Å². The third-order valence-corrected chi connectivity index (χ3v) is 4.98. The predicted octanol–water partition coefficient (Wildman–Crippen LogP) is 3.82. The van der Waals surface area contributed by atoms with E-state index >= 15 is 0 Å². The first-order valence-electron chi connectivity index (χ1n) is 8.89. The number of fused-ring (bicyclic) bond motifs is 1. The van der Waals surface area contributed by atoms with Gasteiger partial charge < -0.3 is 9.42 Å². The van der Waals surface area contributed by atoms with E-state index in [9.17, 15) is 4.79 Å². The molecule has 0 fully saturated rings. The topological polar surface area (TPSA) is 59.2 Å². The molecule has 0 saturated heterocycles. The zero-order valence-corrected chi connectivity index (χ0v) is 14.8. The Hall–Kier alpha value is -2.95. The molecule has 0 spiro atoms. The molecular formula is C21H21N3O2. The zero-order valence-electron chi connectivity index (χ0n) is 14.8. The molecule has 3 aromatic rings. The molecule has 0 saturated carbocycles. The first-order valence-corrected chi connectivity index (χ1v) is 8.89. The molecule has 1 amide bonds. The van der Waals surface area contributed by atoms with Crippen LogP contribution in [0.25, 0.3) is 11.4 Å². The summed E-state index contributed by atoms with van der Waals surface area (Å²) >= 11 is 0. The predicted molar refractivity (Wildman–Crippen MR) is 98.3 cm³/mol. The van der Waals surface area contributed by atoms with Gasteiger partial charge in [-0.15, -0.1) is 0 Å². The van der Waals surface area contributed by atoms with Gasteiger partial charge in [-0.25, -0.2) is 0 Å². The molecule has 1 aromatic carbocycles. The van der Waals surface area contributed by atoms with E-state index in [0.717, 1.165) is 18.5 Å². The lowest BCUT2D eigenvalue weighted by atomic mass is 9.97. The quantitative estimate of drug-likeness (QED) is 0.704. The van der Waals surface area contributed by atoms with Crippen LogP contribution in [0.2, 0.25) is 0 Å². The molecule has 1 aliphatic carbocycles. The van der Waals surface area contributed by atoms with Gasteiger partial charge in [0.05, 0.1) is 12.2 Å². The maximum absolute atomic E-state index is 12.6. The molecule has 1 atom stereocenters. The molecular weight excluding hydrogens is 326 g/mol. The number of benzene rings is 1. The summed E-state index contributed by atoms with van der Waals surface area (Å²) in [5.74, 6) is 1.11. The summed E-state index contributed by atoms with van der Waals surface area (Å²) < 4.78 is 5.38. The van der Waals surface area contributed by atoms with E-state index in [1.165, 1.54) is 11.1 Å². The van der Waals surface area contributed by atoms with E-state index < -0.39 is 0 Å². The summed E-state index contributed by atoms with van der Waals surface area (Å²) in [4.78, 5) is 18.6. The van der Waals surface area contributed by atoms with Gasteiger partial charge in [0.1, 0.15) is 5.69 Å². The van der Waals surface area contributed by atoms with Crippen molar-refractivity contribution in [1.29, 1.82) is 0 Å². The molecule has 2 heterocycles. The monoisotopic (exact) mass is 347 g/mol. The number of nitrogens with zero attached hydrogens (tertiary/aromatic N) is 3. The largest absolute Gasteiger partial charge is 0.359 e. The molecule has 0 bridgehead atoms. The lowest BCUT2D eigenvalue weighted by Gasteiger charge is -2.18. The molecule has 5 heteroatoms. The number of amides is 1. The van der Waals surface area contributed by atoms with Crippen LogP contribution in [0.4, 0.5) is 0 Å². The number of carbonyl (C=O) groups excluding carboxylic acids is 1. The van der Waals surface area contributed by atoms with Gasteiger partial charge >= 0.3 is 0 Å². The van der Waals surface area contributed by atoms with E-state index in [4.69, 9.17) is 4.52 Å². The minimum atomic E-state index is 0.127. The highest BCUT2D eigenvalue weighted by molar-refractivity contribution is 5.77. The molecule has 0 radical (unpaired) electrons. The smallest absolute Gasteiger partial charge is 0.223 e. The standard InChI is InChI=1S/C21H21N3O2/c1-24(14-17-13-20(23-26-17)19-8-4-5-11-22-19)21(25)12-16-10-9-15-6-2-3-7-18(15)16/h2-8,11,13,16H,9-10,12,14H2,1H3/t16-/m1/s1. The van der Waals surface area contributed by atoms with Crippen molar-refractivity contribution in [3.63, 3.8) is 0 Å². The van der Waals surface area contributed by atoms with Gasteiger partial charge in [0.15, 0.2) is 5.76 Å².